The molecule has 6 heterocycles. The number of benzene rings is 16. The van der Waals surface area contributed by atoms with Crippen molar-refractivity contribution in [2.45, 2.75) is 120 Å². The fourth-order valence-corrected chi connectivity index (χ4v) is 21.3. The molecule has 0 radical (unpaired) electrons. The highest BCUT2D eigenvalue weighted by Gasteiger charge is 2.49. The lowest BCUT2D eigenvalue weighted by Crippen LogP contribution is -2.61. The third-order valence-corrected chi connectivity index (χ3v) is 28.1. The largest absolute Gasteiger partial charge is 0.497 e. The topological polar surface area (TPSA) is 47.1 Å². The molecule has 0 atom stereocenters. The van der Waals surface area contributed by atoms with E-state index in [1.807, 2.05) is 0 Å². The molecule has 12 heteroatoms. The number of rotatable bonds is 12. The Balaban J connectivity index is 0.816. The summed E-state index contributed by atoms with van der Waals surface area (Å²) >= 11 is 0. The number of hydrogen-bond acceptors (Lipinski definition) is 9. The summed E-state index contributed by atoms with van der Waals surface area (Å²) in [7, 11) is 5.26. The van der Waals surface area contributed by atoms with Crippen LogP contribution in [-0.2, 0) is 16.2 Å². The summed E-state index contributed by atoms with van der Waals surface area (Å²) in [5.74, 6) is 2.42. The first-order chi connectivity index (χ1) is 62.1. The van der Waals surface area contributed by atoms with Gasteiger partial charge >= 0.3 is 0 Å². The molecule has 0 saturated carbocycles. The first kappa shape index (κ1) is 80.7. The van der Waals surface area contributed by atoms with Crippen LogP contribution < -0.4 is 92.8 Å². The van der Waals surface area contributed by atoms with E-state index in [1.165, 1.54) is 150 Å². The Morgan fingerprint density at radius 2 is 0.372 bits per heavy atom. The minimum absolute atomic E-state index is 0.163. The Bertz CT molecular complexity index is 6590. The molecular formula is C117H105B3N6O3. The van der Waals surface area contributed by atoms with Crippen molar-refractivity contribution >= 4 is 172 Å². The minimum atomic E-state index is -0.202. The standard InChI is InChI=1S/C117H105B3N6O3/c1-70-19-31-85(32-20-70)121-100-49-25-73(4)55-94(100)118-97-61-76(28-52-103(97)124(88-37-43-91(127-16)44-38-88)109-67-82(115(7,8)9)64-106(121)112(109)118)79-58-80(77-29-53-104-98(62-77)119-95-56-74(5)26-50-101(95)122(86-33-21-71(2)22-34-86)107-65-83(116(10,11)12)68-110(113(107)119)125(104)89-39-45-92(128-17)46-40-89)60-81(59-79)78-30-54-105-99(63-78)120-96-57-75(6)27-51-102(96)123(87-35-23-72(3)24-36-87)108-66-84(117(13,14)15)69-111(114(108)120)126(105)90-41-47-93(129-18)48-42-90/h19-69H,1-18H3. The molecule has 0 bridgehead atoms. The van der Waals surface area contributed by atoms with Crippen molar-refractivity contribution in [2.24, 2.45) is 0 Å². The molecule has 0 aromatic heterocycles. The Labute approximate surface area is 761 Å². The maximum Gasteiger partial charge on any atom is 0.252 e. The molecule has 630 valence electrons. The third kappa shape index (κ3) is 13.3. The van der Waals surface area contributed by atoms with E-state index in [1.54, 1.807) is 21.3 Å². The second-order valence-corrected chi connectivity index (χ2v) is 39.8. The molecule has 6 aliphatic rings. The number of nitrogens with zero attached hydrogens (tertiary/aromatic N) is 6. The van der Waals surface area contributed by atoms with E-state index in [9.17, 15) is 0 Å². The maximum absolute atomic E-state index is 5.94. The molecule has 16 aromatic rings. The fourth-order valence-electron chi connectivity index (χ4n) is 21.3. The van der Waals surface area contributed by atoms with Crippen LogP contribution in [0.15, 0.2) is 309 Å². The Hall–Kier alpha value is -14.1. The molecule has 16 aromatic carbocycles. The van der Waals surface area contributed by atoms with Crippen molar-refractivity contribution in [3.63, 3.8) is 0 Å². The Morgan fingerprint density at radius 1 is 0.186 bits per heavy atom. The van der Waals surface area contributed by atoms with E-state index in [0.29, 0.717) is 0 Å². The summed E-state index contributed by atoms with van der Waals surface area (Å²) < 4.78 is 17.8. The summed E-state index contributed by atoms with van der Waals surface area (Å²) in [6, 6.07) is 120. The van der Waals surface area contributed by atoms with Gasteiger partial charge in [0.2, 0.25) is 0 Å². The molecule has 0 amide bonds. The third-order valence-electron chi connectivity index (χ3n) is 28.1. The number of methoxy groups -OCH3 is 3. The van der Waals surface area contributed by atoms with Gasteiger partial charge in [-0.15, -0.1) is 0 Å². The van der Waals surface area contributed by atoms with Crippen molar-refractivity contribution in [3.8, 4) is 50.6 Å². The van der Waals surface area contributed by atoms with Gasteiger partial charge in [0.15, 0.2) is 0 Å². The van der Waals surface area contributed by atoms with Crippen LogP contribution in [0.2, 0.25) is 0 Å². The highest BCUT2D eigenvalue weighted by molar-refractivity contribution is 7.02. The molecule has 129 heavy (non-hydrogen) atoms. The lowest BCUT2D eigenvalue weighted by molar-refractivity contribution is 0.414. The fraction of sp³-hybridized carbons (Fsp3) is 0.179. The highest BCUT2D eigenvalue weighted by atomic mass is 16.5. The molecular weight excluding hydrogens is 1570 g/mol. The van der Waals surface area contributed by atoms with Crippen molar-refractivity contribution in [2.75, 3.05) is 50.7 Å². The van der Waals surface area contributed by atoms with Crippen LogP contribution in [0.1, 0.15) is 112 Å². The molecule has 0 saturated heterocycles. The van der Waals surface area contributed by atoms with E-state index in [2.05, 4.69) is 443 Å². The van der Waals surface area contributed by atoms with Gasteiger partial charge in [-0.2, -0.15) is 0 Å². The van der Waals surface area contributed by atoms with Crippen molar-refractivity contribution in [1.29, 1.82) is 0 Å². The average Bonchev–Trinajstić information content (AvgIpc) is 0.702. The van der Waals surface area contributed by atoms with Crippen LogP contribution in [0.25, 0.3) is 33.4 Å². The number of fused-ring (bicyclic) bond motifs is 12. The number of ether oxygens (including phenoxy) is 3. The predicted octanol–water partition coefficient (Wildman–Crippen LogP) is 24.7. The van der Waals surface area contributed by atoms with Gasteiger partial charge in [0, 0.05) is 102 Å². The summed E-state index contributed by atoms with van der Waals surface area (Å²) in [4.78, 5) is 15.3. The molecule has 0 N–H and O–H groups in total. The molecule has 6 aliphatic heterocycles. The zero-order chi connectivity index (χ0) is 88.9. The second-order valence-electron chi connectivity index (χ2n) is 39.8. The van der Waals surface area contributed by atoms with Gasteiger partial charge < -0.3 is 43.6 Å². The van der Waals surface area contributed by atoms with Crippen molar-refractivity contribution in [3.05, 3.63) is 359 Å². The summed E-state index contributed by atoms with van der Waals surface area (Å²) in [5, 5.41) is 0. The molecule has 0 aliphatic carbocycles. The number of anilines is 18. The van der Waals surface area contributed by atoms with Gasteiger partial charge in [0.25, 0.3) is 20.1 Å². The molecule has 0 spiro atoms. The molecule has 0 unspecified atom stereocenters. The number of aryl methyl sites for hydroxylation is 6. The molecule has 9 nitrogen and oxygen atoms in total. The van der Waals surface area contributed by atoms with Gasteiger partial charge in [0.1, 0.15) is 17.2 Å². The molecule has 22 rings (SSSR count). The van der Waals surface area contributed by atoms with Gasteiger partial charge in [-0.3, -0.25) is 0 Å². The zero-order valence-electron chi connectivity index (χ0n) is 77.1. The van der Waals surface area contributed by atoms with Crippen LogP contribution in [0.3, 0.4) is 0 Å². The van der Waals surface area contributed by atoms with E-state index < -0.39 is 0 Å². The van der Waals surface area contributed by atoms with Crippen LogP contribution in [0.5, 0.6) is 17.2 Å². The highest BCUT2D eigenvalue weighted by Crippen LogP contribution is 2.53. The lowest BCUT2D eigenvalue weighted by atomic mass is 9.33. The summed E-state index contributed by atoms with van der Waals surface area (Å²) in [6.45, 7) is 34.0. The quantitative estimate of drug-likeness (QED) is 0.111. The van der Waals surface area contributed by atoms with Gasteiger partial charge in [0.05, 0.1) is 21.3 Å². The predicted molar refractivity (Wildman–Crippen MR) is 549 cm³/mol. The average molecular weight is 1680 g/mol. The minimum Gasteiger partial charge on any atom is -0.497 e. The summed E-state index contributed by atoms with van der Waals surface area (Å²) in [5.41, 5.74) is 49.0. The monoisotopic (exact) mass is 1670 g/mol. The zero-order valence-corrected chi connectivity index (χ0v) is 77.1. The van der Waals surface area contributed by atoms with E-state index in [-0.39, 0.29) is 36.4 Å². The van der Waals surface area contributed by atoms with Crippen LogP contribution in [0.4, 0.5) is 102 Å². The number of hydrogen-bond donors (Lipinski definition) is 0. The van der Waals surface area contributed by atoms with Crippen molar-refractivity contribution in [1.82, 2.24) is 0 Å². The van der Waals surface area contributed by atoms with Gasteiger partial charge in [-0.05, 0) is 357 Å². The summed E-state index contributed by atoms with van der Waals surface area (Å²) in [6.07, 6.45) is 0. The first-order valence-corrected chi connectivity index (χ1v) is 45.5. The SMILES string of the molecule is COc1ccc(N2c3ccc(-c4cc(-c5ccc6c(c5)B5c7cc(C)ccc7N(c7ccc(C)cc7)c7cc(C(C)(C)C)cc(c75)N6c5ccc(OC)cc5)cc(-c5ccc6c(c5)B5c7cc(C)ccc7N(c7ccc(C)cc7)c7cc(C(C)(C)C)cc(c75)N6c5ccc(OC)cc5)c4)cc3B3c4cc(C)ccc4N(c4ccc(C)cc4)c4cc(C(C)(C)C)cc2c43)cc1. The van der Waals surface area contributed by atoms with E-state index in [0.717, 1.165) is 102 Å². The Kier molecular flexibility index (Phi) is 18.8. The second kappa shape index (κ2) is 30.0. The van der Waals surface area contributed by atoms with Gasteiger partial charge in [-0.1, -0.05) is 205 Å². The van der Waals surface area contributed by atoms with Crippen LogP contribution in [0, 0.1) is 41.5 Å². The van der Waals surface area contributed by atoms with Crippen LogP contribution in [-0.4, -0.2) is 41.5 Å². The van der Waals surface area contributed by atoms with Gasteiger partial charge in [-0.25, -0.2) is 0 Å². The molecule has 0 fully saturated rings. The lowest BCUT2D eigenvalue weighted by Gasteiger charge is -2.45. The Morgan fingerprint density at radius 3 is 0.574 bits per heavy atom. The van der Waals surface area contributed by atoms with Crippen molar-refractivity contribution < 1.29 is 14.2 Å². The first-order valence-electron chi connectivity index (χ1n) is 45.5. The van der Waals surface area contributed by atoms with E-state index in [4.69, 9.17) is 14.2 Å². The van der Waals surface area contributed by atoms with E-state index >= 15 is 0 Å². The maximum atomic E-state index is 5.94. The van der Waals surface area contributed by atoms with Crippen LogP contribution >= 0.6 is 0 Å². The normalized spacial score (nSPS) is 13.7. The smallest absolute Gasteiger partial charge is 0.252 e.